The van der Waals surface area contributed by atoms with Gasteiger partial charge in [-0.2, -0.15) is 0 Å². The summed E-state index contributed by atoms with van der Waals surface area (Å²) in [5, 5.41) is 0. The number of hydrogen-bond donors (Lipinski definition) is 1. The summed E-state index contributed by atoms with van der Waals surface area (Å²) < 4.78 is 20.3. The van der Waals surface area contributed by atoms with Gasteiger partial charge in [0.15, 0.2) is 11.6 Å². The highest BCUT2D eigenvalue weighted by Gasteiger charge is 2.19. The van der Waals surface area contributed by atoms with Crippen molar-refractivity contribution < 1.29 is 9.13 Å². The average molecular weight is 338 g/mol. The minimum absolute atomic E-state index is 0.205. The Morgan fingerprint density at radius 2 is 1.80 bits per heavy atom. The van der Waals surface area contributed by atoms with Crippen molar-refractivity contribution in [2.75, 3.05) is 0 Å². The van der Waals surface area contributed by atoms with Crippen molar-refractivity contribution in [1.82, 2.24) is 0 Å². The number of hydrogen-bond acceptors (Lipinski definition) is 2. The van der Waals surface area contributed by atoms with Crippen LogP contribution in [0.3, 0.4) is 0 Å². The van der Waals surface area contributed by atoms with E-state index < -0.39 is 5.82 Å². The summed E-state index contributed by atoms with van der Waals surface area (Å²) in [6.07, 6.45) is -0.383. The molecule has 0 heterocycles. The lowest BCUT2D eigenvalue weighted by molar-refractivity contribution is 0.172. The molecule has 0 aliphatic carbocycles. The Morgan fingerprint density at radius 1 is 1.15 bits per heavy atom. The third-order valence-electron chi connectivity index (χ3n) is 3.03. The number of nitrogens with two attached hydrogens (primary N) is 1. The van der Waals surface area contributed by atoms with E-state index in [1.165, 1.54) is 6.07 Å². The van der Waals surface area contributed by atoms with Gasteiger partial charge in [-0.05, 0) is 37.6 Å². The van der Waals surface area contributed by atoms with Gasteiger partial charge in [0.25, 0.3) is 0 Å². The third kappa shape index (κ3) is 3.58. The minimum atomic E-state index is -0.405. The van der Waals surface area contributed by atoms with E-state index in [1.54, 1.807) is 12.1 Å². The van der Waals surface area contributed by atoms with E-state index in [1.807, 2.05) is 38.1 Å². The first kappa shape index (κ1) is 15.0. The molecular weight excluding hydrogens is 321 g/mol. The van der Waals surface area contributed by atoms with E-state index in [0.29, 0.717) is 4.47 Å². The van der Waals surface area contributed by atoms with E-state index in [0.717, 1.165) is 11.1 Å². The normalized spacial score (nSPS) is 13.8. The summed E-state index contributed by atoms with van der Waals surface area (Å²) in [5.41, 5.74) is 8.07. The molecule has 2 atom stereocenters. The molecule has 0 aromatic heterocycles. The standard InChI is InChI=1S/C16H17BrFNO/c1-10-3-5-12(6-4-10)16(11(2)19)20-15-8-7-13(17)9-14(15)18/h3-9,11,16H,19H2,1-2H3. The predicted molar refractivity (Wildman–Crippen MR) is 82.3 cm³/mol. The number of aryl methyl sites for hydroxylation is 1. The third-order valence-corrected chi connectivity index (χ3v) is 3.52. The molecule has 0 saturated heterocycles. The molecule has 0 saturated carbocycles. The smallest absolute Gasteiger partial charge is 0.166 e. The molecule has 2 aromatic rings. The second kappa shape index (κ2) is 6.37. The van der Waals surface area contributed by atoms with E-state index >= 15 is 0 Å². The first-order chi connectivity index (χ1) is 9.47. The fraction of sp³-hybridized carbons (Fsp3) is 0.250. The second-order valence-electron chi connectivity index (χ2n) is 4.88. The summed E-state index contributed by atoms with van der Waals surface area (Å²) in [7, 11) is 0. The van der Waals surface area contributed by atoms with E-state index in [-0.39, 0.29) is 17.9 Å². The molecule has 0 bridgehead atoms. The molecule has 0 radical (unpaired) electrons. The molecule has 106 valence electrons. The van der Waals surface area contributed by atoms with Crippen LogP contribution in [0.15, 0.2) is 46.9 Å². The Hall–Kier alpha value is -1.39. The van der Waals surface area contributed by atoms with Crippen LogP contribution in [0.1, 0.15) is 24.2 Å². The lowest BCUT2D eigenvalue weighted by Crippen LogP contribution is -2.29. The summed E-state index contributed by atoms with van der Waals surface area (Å²) in [4.78, 5) is 0. The fourth-order valence-corrected chi connectivity index (χ4v) is 2.28. The Balaban J connectivity index is 2.28. The fourth-order valence-electron chi connectivity index (χ4n) is 1.94. The van der Waals surface area contributed by atoms with Crippen molar-refractivity contribution >= 4 is 15.9 Å². The first-order valence-electron chi connectivity index (χ1n) is 6.41. The molecule has 4 heteroatoms. The van der Waals surface area contributed by atoms with Crippen LogP contribution in [0.25, 0.3) is 0 Å². The van der Waals surface area contributed by atoms with Crippen molar-refractivity contribution in [3.05, 3.63) is 63.9 Å². The van der Waals surface area contributed by atoms with Gasteiger partial charge in [-0.25, -0.2) is 4.39 Å². The maximum Gasteiger partial charge on any atom is 0.166 e. The van der Waals surface area contributed by atoms with Gasteiger partial charge < -0.3 is 10.5 Å². The van der Waals surface area contributed by atoms with Crippen molar-refractivity contribution in [1.29, 1.82) is 0 Å². The SMILES string of the molecule is Cc1ccc(C(Oc2ccc(Br)cc2F)C(C)N)cc1. The summed E-state index contributed by atoms with van der Waals surface area (Å²) in [6.45, 7) is 3.86. The van der Waals surface area contributed by atoms with Crippen LogP contribution in [0.4, 0.5) is 4.39 Å². The number of halogens is 2. The molecule has 2 aromatic carbocycles. The number of ether oxygens (including phenoxy) is 1. The molecule has 0 fully saturated rings. The van der Waals surface area contributed by atoms with Crippen LogP contribution in [0.2, 0.25) is 0 Å². The Bertz CT molecular complexity index is 584. The quantitative estimate of drug-likeness (QED) is 0.899. The van der Waals surface area contributed by atoms with E-state index in [9.17, 15) is 4.39 Å². The summed E-state index contributed by atoms with van der Waals surface area (Å²) >= 11 is 3.22. The van der Waals surface area contributed by atoms with Gasteiger partial charge >= 0.3 is 0 Å². The van der Waals surface area contributed by atoms with Gasteiger partial charge in [0.05, 0.1) is 0 Å². The molecule has 0 amide bonds. The lowest BCUT2D eigenvalue weighted by atomic mass is 10.0. The maximum atomic E-state index is 13.9. The zero-order valence-corrected chi connectivity index (χ0v) is 13.0. The molecule has 0 spiro atoms. The molecule has 0 aliphatic rings. The molecule has 2 nitrogen and oxygen atoms in total. The van der Waals surface area contributed by atoms with Crippen LogP contribution < -0.4 is 10.5 Å². The molecule has 2 N–H and O–H groups in total. The van der Waals surface area contributed by atoms with Gasteiger partial charge in [-0.1, -0.05) is 45.8 Å². The Labute approximate surface area is 126 Å². The Kier molecular flexibility index (Phi) is 4.78. The van der Waals surface area contributed by atoms with Crippen LogP contribution in [0, 0.1) is 12.7 Å². The highest BCUT2D eigenvalue weighted by atomic mass is 79.9. The van der Waals surface area contributed by atoms with Gasteiger partial charge in [0.2, 0.25) is 0 Å². The van der Waals surface area contributed by atoms with Crippen molar-refractivity contribution in [3.8, 4) is 5.75 Å². The van der Waals surface area contributed by atoms with Crippen LogP contribution >= 0.6 is 15.9 Å². The highest BCUT2D eigenvalue weighted by molar-refractivity contribution is 9.10. The van der Waals surface area contributed by atoms with E-state index in [2.05, 4.69) is 15.9 Å². The topological polar surface area (TPSA) is 35.2 Å². The summed E-state index contributed by atoms with van der Waals surface area (Å²) in [6, 6.07) is 12.4. The van der Waals surface area contributed by atoms with Crippen molar-refractivity contribution in [2.24, 2.45) is 5.73 Å². The monoisotopic (exact) mass is 337 g/mol. The minimum Gasteiger partial charge on any atom is -0.481 e. The predicted octanol–water partition coefficient (Wildman–Crippen LogP) is 4.36. The zero-order chi connectivity index (χ0) is 14.7. The molecular formula is C16H17BrFNO. The maximum absolute atomic E-state index is 13.9. The summed E-state index contributed by atoms with van der Waals surface area (Å²) in [5.74, 6) is -0.201. The highest BCUT2D eigenvalue weighted by Crippen LogP contribution is 2.28. The van der Waals surface area contributed by atoms with Gasteiger partial charge in [0, 0.05) is 10.5 Å². The van der Waals surface area contributed by atoms with Crippen molar-refractivity contribution in [3.63, 3.8) is 0 Å². The van der Waals surface area contributed by atoms with Crippen LogP contribution in [-0.2, 0) is 0 Å². The zero-order valence-electron chi connectivity index (χ0n) is 11.4. The second-order valence-corrected chi connectivity index (χ2v) is 5.80. The largest absolute Gasteiger partial charge is 0.481 e. The van der Waals surface area contributed by atoms with Crippen LogP contribution in [0.5, 0.6) is 5.75 Å². The molecule has 20 heavy (non-hydrogen) atoms. The van der Waals surface area contributed by atoms with Gasteiger partial charge in [0.1, 0.15) is 6.10 Å². The number of benzene rings is 2. The lowest BCUT2D eigenvalue weighted by Gasteiger charge is -2.23. The molecule has 2 rings (SSSR count). The van der Waals surface area contributed by atoms with Gasteiger partial charge in [-0.15, -0.1) is 0 Å². The van der Waals surface area contributed by atoms with Crippen LogP contribution in [-0.4, -0.2) is 6.04 Å². The first-order valence-corrected chi connectivity index (χ1v) is 7.20. The average Bonchev–Trinajstić information content (AvgIpc) is 2.39. The van der Waals surface area contributed by atoms with E-state index in [4.69, 9.17) is 10.5 Å². The van der Waals surface area contributed by atoms with Gasteiger partial charge in [-0.3, -0.25) is 0 Å². The molecule has 2 unspecified atom stereocenters. The van der Waals surface area contributed by atoms with Crippen molar-refractivity contribution in [2.45, 2.75) is 26.0 Å². The molecule has 0 aliphatic heterocycles. The number of rotatable bonds is 4. The Morgan fingerprint density at radius 3 is 2.35 bits per heavy atom.